The normalized spacial score (nSPS) is 14.2. The van der Waals surface area contributed by atoms with Crippen molar-refractivity contribution in [1.82, 2.24) is 4.98 Å². The van der Waals surface area contributed by atoms with E-state index in [2.05, 4.69) is 24.1 Å². The van der Waals surface area contributed by atoms with Crippen LogP contribution in [0.5, 0.6) is 0 Å². The fraction of sp³-hybridized carbons (Fsp3) is 0.615. The number of anilines is 2. The first-order chi connectivity index (χ1) is 8.00. The van der Waals surface area contributed by atoms with Crippen molar-refractivity contribution in [1.29, 1.82) is 0 Å². The summed E-state index contributed by atoms with van der Waals surface area (Å²) in [6, 6.07) is 3.99. The molecule has 2 N–H and O–H groups in total. The molecule has 0 fully saturated rings. The van der Waals surface area contributed by atoms with Crippen molar-refractivity contribution in [2.45, 2.75) is 20.3 Å². The van der Waals surface area contributed by atoms with Crippen LogP contribution in [-0.4, -0.2) is 37.3 Å². The molecule has 0 amide bonds. The smallest absolute Gasteiger partial charge is 0.128 e. The van der Waals surface area contributed by atoms with Crippen LogP contribution in [0.2, 0.25) is 0 Å². The number of rotatable bonds is 6. The molecule has 4 heteroatoms. The highest BCUT2D eigenvalue weighted by atomic mass is 16.3. The van der Waals surface area contributed by atoms with Crippen molar-refractivity contribution in [2.24, 2.45) is 5.41 Å². The summed E-state index contributed by atoms with van der Waals surface area (Å²) in [5, 5.41) is 12.6. The second kappa shape index (κ2) is 5.87. The summed E-state index contributed by atoms with van der Waals surface area (Å²) < 4.78 is 0. The third-order valence-electron chi connectivity index (χ3n) is 3.16. The van der Waals surface area contributed by atoms with Gasteiger partial charge >= 0.3 is 0 Å². The maximum atomic E-state index is 9.32. The topological polar surface area (TPSA) is 48.4 Å². The van der Waals surface area contributed by atoms with Crippen LogP contribution in [-0.2, 0) is 0 Å². The van der Waals surface area contributed by atoms with Crippen LogP contribution in [0, 0.1) is 5.41 Å². The van der Waals surface area contributed by atoms with Crippen molar-refractivity contribution in [2.75, 3.05) is 37.5 Å². The molecule has 0 aliphatic carbocycles. The van der Waals surface area contributed by atoms with Gasteiger partial charge in [-0.05, 0) is 18.6 Å². The largest absolute Gasteiger partial charge is 0.396 e. The number of aliphatic hydroxyl groups is 1. The van der Waals surface area contributed by atoms with Crippen LogP contribution in [0.15, 0.2) is 18.3 Å². The highest BCUT2D eigenvalue weighted by molar-refractivity contribution is 5.47. The van der Waals surface area contributed by atoms with Crippen molar-refractivity contribution >= 4 is 11.5 Å². The fourth-order valence-corrected chi connectivity index (χ4v) is 1.36. The van der Waals surface area contributed by atoms with Crippen LogP contribution < -0.4 is 10.2 Å². The van der Waals surface area contributed by atoms with Crippen molar-refractivity contribution < 1.29 is 5.11 Å². The van der Waals surface area contributed by atoms with E-state index in [9.17, 15) is 5.11 Å². The Labute approximate surface area is 104 Å². The molecule has 0 aliphatic rings. The average Bonchev–Trinajstić information content (AvgIpc) is 2.36. The van der Waals surface area contributed by atoms with E-state index in [1.165, 1.54) is 0 Å². The molecule has 1 heterocycles. The van der Waals surface area contributed by atoms with Gasteiger partial charge < -0.3 is 15.3 Å². The Bertz CT molecular complexity index is 331. The van der Waals surface area contributed by atoms with Crippen LogP contribution in [0.4, 0.5) is 11.5 Å². The average molecular weight is 237 g/mol. The Kier molecular flexibility index (Phi) is 4.75. The van der Waals surface area contributed by atoms with Gasteiger partial charge in [0.1, 0.15) is 5.82 Å². The maximum absolute atomic E-state index is 9.32. The molecule has 1 unspecified atom stereocenters. The molecular formula is C13H23N3O. The first-order valence-electron chi connectivity index (χ1n) is 5.99. The lowest BCUT2D eigenvalue weighted by molar-refractivity contribution is 0.149. The van der Waals surface area contributed by atoms with Gasteiger partial charge in [0.15, 0.2) is 0 Å². The summed E-state index contributed by atoms with van der Waals surface area (Å²) in [6.07, 6.45) is 2.77. The molecule has 17 heavy (non-hydrogen) atoms. The van der Waals surface area contributed by atoms with E-state index in [-0.39, 0.29) is 12.0 Å². The van der Waals surface area contributed by atoms with E-state index in [0.29, 0.717) is 0 Å². The summed E-state index contributed by atoms with van der Waals surface area (Å²) >= 11 is 0. The Morgan fingerprint density at radius 1 is 1.41 bits per heavy atom. The standard InChI is InChI=1S/C13H23N3O/c1-5-13(2,10-17)9-15-11-6-7-12(14-8-11)16(3)4/h6-8,15,17H,5,9-10H2,1-4H3. The fourth-order valence-electron chi connectivity index (χ4n) is 1.36. The zero-order valence-electron chi connectivity index (χ0n) is 11.2. The van der Waals surface area contributed by atoms with Gasteiger partial charge in [0, 0.05) is 26.1 Å². The van der Waals surface area contributed by atoms with E-state index in [4.69, 9.17) is 0 Å². The van der Waals surface area contributed by atoms with Crippen molar-refractivity contribution in [3.05, 3.63) is 18.3 Å². The number of aliphatic hydroxyl groups excluding tert-OH is 1. The van der Waals surface area contributed by atoms with Crippen LogP contribution in [0.3, 0.4) is 0 Å². The van der Waals surface area contributed by atoms with Gasteiger partial charge in [-0.3, -0.25) is 0 Å². The predicted molar refractivity (Wildman–Crippen MR) is 72.5 cm³/mol. The van der Waals surface area contributed by atoms with Crippen LogP contribution in [0.25, 0.3) is 0 Å². The molecule has 1 aromatic heterocycles. The molecule has 0 spiro atoms. The SMILES string of the molecule is CCC(C)(CO)CNc1ccc(N(C)C)nc1. The Balaban J connectivity index is 2.58. The van der Waals surface area contributed by atoms with Crippen molar-refractivity contribution in [3.8, 4) is 0 Å². The summed E-state index contributed by atoms with van der Waals surface area (Å²) in [4.78, 5) is 6.30. The van der Waals surface area contributed by atoms with Gasteiger partial charge in [-0.2, -0.15) is 0 Å². The molecule has 4 nitrogen and oxygen atoms in total. The third kappa shape index (κ3) is 3.89. The molecule has 0 radical (unpaired) electrons. The highest BCUT2D eigenvalue weighted by Gasteiger charge is 2.20. The molecule has 0 saturated heterocycles. The Morgan fingerprint density at radius 3 is 2.53 bits per heavy atom. The number of pyridine rings is 1. The monoisotopic (exact) mass is 237 g/mol. The highest BCUT2D eigenvalue weighted by Crippen LogP contribution is 2.21. The molecule has 0 saturated carbocycles. The van der Waals surface area contributed by atoms with Crippen molar-refractivity contribution in [3.63, 3.8) is 0 Å². The van der Waals surface area contributed by atoms with Gasteiger partial charge in [-0.25, -0.2) is 4.98 Å². The lowest BCUT2D eigenvalue weighted by Gasteiger charge is -2.26. The zero-order chi connectivity index (χ0) is 12.9. The van der Waals surface area contributed by atoms with E-state index >= 15 is 0 Å². The van der Waals surface area contributed by atoms with Crippen LogP contribution >= 0.6 is 0 Å². The second-order valence-corrected chi connectivity index (χ2v) is 4.98. The number of aromatic nitrogens is 1. The zero-order valence-corrected chi connectivity index (χ0v) is 11.2. The van der Waals surface area contributed by atoms with Gasteiger partial charge in [0.05, 0.1) is 18.5 Å². The summed E-state index contributed by atoms with van der Waals surface area (Å²) in [7, 11) is 3.94. The quantitative estimate of drug-likeness (QED) is 0.794. The molecule has 96 valence electrons. The van der Waals surface area contributed by atoms with E-state index < -0.39 is 0 Å². The van der Waals surface area contributed by atoms with E-state index in [1.54, 1.807) is 0 Å². The number of hydrogen-bond acceptors (Lipinski definition) is 4. The lowest BCUT2D eigenvalue weighted by atomic mass is 9.88. The summed E-state index contributed by atoms with van der Waals surface area (Å²) in [5.74, 6) is 0.941. The molecular weight excluding hydrogens is 214 g/mol. The van der Waals surface area contributed by atoms with E-state index in [1.807, 2.05) is 37.3 Å². The molecule has 1 rings (SSSR count). The second-order valence-electron chi connectivity index (χ2n) is 4.98. The van der Waals surface area contributed by atoms with E-state index in [0.717, 1.165) is 24.5 Å². The van der Waals surface area contributed by atoms with Gasteiger partial charge in [0.25, 0.3) is 0 Å². The van der Waals surface area contributed by atoms with Gasteiger partial charge in [0.2, 0.25) is 0 Å². The molecule has 0 bridgehead atoms. The van der Waals surface area contributed by atoms with Gasteiger partial charge in [-0.15, -0.1) is 0 Å². The lowest BCUT2D eigenvalue weighted by Crippen LogP contribution is -2.29. The molecule has 1 aromatic rings. The minimum Gasteiger partial charge on any atom is -0.396 e. The number of hydrogen-bond donors (Lipinski definition) is 2. The Hall–Kier alpha value is -1.29. The number of nitrogens with zero attached hydrogens (tertiary/aromatic N) is 2. The third-order valence-corrected chi connectivity index (χ3v) is 3.16. The molecule has 0 aromatic carbocycles. The summed E-state index contributed by atoms with van der Waals surface area (Å²) in [5.41, 5.74) is 0.920. The molecule has 1 atom stereocenters. The predicted octanol–water partition coefficient (Wildman–Crippen LogP) is 1.97. The minimum absolute atomic E-state index is 0.0692. The summed E-state index contributed by atoms with van der Waals surface area (Å²) in [6.45, 7) is 5.11. The number of nitrogens with one attached hydrogen (secondary N) is 1. The first kappa shape index (κ1) is 13.8. The Morgan fingerprint density at radius 2 is 2.12 bits per heavy atom. The first-order valence-corrected chi connectivity index (χ1v) is 5.99. The maximum Gasteiger partial charge on any atom is 0.128 e. The minimum atomic E-state index is -0.0692. The molecule has 0 aliphatic heterocycles. The van der Waals surface area contributed by atoms with Gasteiger partial charge in [-0.1, -0.05) is 13.8 Å². The van der Waals surface area contributed by atoms with Crippen LogP contribution in [0.1, 0.15) is 20.3 Å².